The highest BCUT2D eigenvalue weighted by Crippen LogP contribution is 2.13. The molecule has 1 N–H and O–H groups in total. The Balaban J connectivity index is 1.86. The molecule has 6 nitrogen and oxygen atoms in total. The van der Waals surface area contributed by atoms with Gasteiger partial charge in [-0.25, -0.2) is 0 Å². The minimum Gasteiger partial charge on any atom is -0.507 e. The van der Waals surface area contributed by atoms with Gasteiger partial charge in [-0.05, 0) is 19.1 Å². The van der Waals surface area contributed by atoms with Crippen LogP contribution in [0.1, 0.15) is 12.5 Å². The number of para-hydroxylation sites is 1. The molecule has 1 aliphatic heterocycles. The molecule has 1 amide bonds. The molecule has 1 atom stereocenters. The monoisotopic (exact) mass is 278 g/mol. The van der Waals surface area contributed by atoms with Crippen LogP contribution in [0.3, 0.4) is 0 Å². The van der Waals surface area contributed by atoms with Gasteiger partial charge in [-0.15, -0.1) is 0 Å². The summed E-state index contributed by atoms with van der Waals surface area (Å²) in [6, 6.07) is 6.77. The number of morpholine rings is 1. The van der Waals surface area contributed by atoms with Gasteiger partial charge in [0.25, 0.3) is 5.91 Å². The van der Waals surface area contributed by atoms with Crippen LogP contribution >= 0.6 is 0 Å². The molecule has 108 valence electrons. The maximum absolute atomic E-state index is 12.0. The second-order valence-electron chi connectivity index (χ2n) is 4.48. The summed E-state index contributed by atoms with van der Waals surface area (Å²) in [6.07, 6.45) is 0.730. The fourth-order valence-electron chi connectivity index (χ4n) is 1.86. The van der Waals surface area contributed by atoms with E-state index in [0.29, 0.717) is 31.9 Å². The first-order valence-corrected chi connectivity index (χ1v) is 6.52. The summed E-state index contributed by atoms with van der Waals surface area (Å²) in [5.74, 6) is 0.00902. The van der Waals surface area contributed by atoms with Crippen molar-refractivity contribution in [2.24, 2.45) is 5.16 Å². The van der Waals surface area contributed by atoms with Gasteiger partial charge in [-0.1, -0.05) is 17.3 Å². The summed E-state index contributed by atoms with van der Waals surface area (Å²) in [5.41, 5.74) is 0.540. The minimum absolute atomic E-state index is 0.109. The first kappa shape index (κ1) is 14.3. The Hall–Kier alpha value is -2.08. The lowest BCUT2D eigenvalue weighted by molar-refractivity contribution is -0.146. The van der Waals surface area contributed by atoms with Crippen molar-refractivity contribution in [2.75, 3.05) is 26.3 Å². The number of aromatic hydroxyl groups is 1. The molecular formula is C14H18N2O4. The number of phenolic OH excluding ortho intramolecular Hbond substituents is 1. The molecule has 1 aromatic rings. The lowest BCUT2D eigenvalue weighted by atomic mass is 10.2. The van der Waals surface area contributed by atoms with E-state index in [1.807, 2.05) is 0 Å². The number of ether oxygens (including phenoxy) is 1. The first-order chi connectivity index (χ1) is 9.68. The molecule has 2 rings (SSSR count). The zero-order valence-corrected chi connectivity index (χ0v) is 11.4. The Kier molecular flexibility index (Phi) is 4.95. The van der Waals surface area contributed by atoms with E-state index in [1.54, 1.807) is 36.1 Å². The number of carbonyl (C=O) groups is 1. The second-order valence-corrected chi connectivity index (χ2v) is 4.48. The van der Waals surface area contributed by atoms with Crippen molar-refractivity contribution < 1.29 is 19.5 Å². The van der Waals surface area contributed by atoms with Crippen LogP contribution in [-0.2, 0) is 14.4 Å². The number of rotatable bonds is 4. The highest BCUT2D eigenvalue weighted by Gasteiger charge is 2.23. The number of amides is 1. The third-order valence-electron chi connectivity index (χ3n) is 3.02. The summed E-state index contributed by atoms with van der Waals surface area (Å²) in [7, 11) is 0. The molecule has 0 bridgehead atoms. The van der Waals surface area contributed by atoms with E-state index in [9.17, 15) is 9.90 Å². The Bertz CT molecular complexity index is 484. The zero-order valence-electron chi connectivity index (χ0n) is 11.4. The fourth-order valence-corrected chi connectivity index (χ4v) is 1.86. The molecule has 1 aromatic carbocycles. The Labute approximate surface area is 117 Å². The molecule has 1 fully saturated rings. The van der Waals surface area contributed by atoms with Crippen LogP contribution in [0.2, 0.25) is 0 Å². The maximum atomic E-state index is 12.0. The number of benzene rings is 1. The maximum Gasteiger partial charge on any atom is 0.266 e. The molecular weight excluding hydrogens is 260 g/mol. The van der Waals surface area contributed by atoms with E-state index < -0.39 is 6.10 Å². The van der Waals surface area contributed by atoms with Gasteiger partial charge in [-0.3, -0.25) is 4.79 Å². The van der Waals surface area contributed by atoms with Crippen LogP contribution in [0.5, 0.6) is 5.75 Å². The van der Waals surface area contributed by atoms with Crippen molar-refractivity contribution in [1.29, 1.82) is 0 Å². The molecule has 1 heterocycles. The van der Waals surface area contributed by atoms with Crippen LogP contribution in [0.15, 0.2) is 29.4 Å². The summed E-state index contributed by atoms with van der Waals surface area (Å²) in [4.78, 5) is 18.9. The van der Waals surface area contributed by atoms with Crippen LogP contribution in [-0.4, -0.2) is 54.5 Å². The van der Waals surface area contributed by atoms with Crippen LogP contribution in [0.4, 0.5) is 0 Å². The van der Waals surface area contributed by atoms with Gasteiger partial charge < -0.3 is 19.6 Å². The summed E-state index contributed by atoms with van der Waals surface area (Å²) in [6.45, 7) is 3.92. The van der Waals surface area contributed by atoms with E-state index in [2.05, 4.69) is 5.16 Å². The quantitative estimate of drug-likeness (QED) is 0.658. The molecule has 6 heteroatoms. The second kappa shape index (κ2) is 6.91. The van der Waals surface area contributed by atoms with E-state index in [4.69, 9.17) is 9.57 Å². The molecule has 0 radical (unpaired) electrons. The largest absolute Gasteiger partial charge is 0.507 e. The lowest BCUT2D eigenvalue weighted by Crippen LogP contribution is -2.45. The van der Waals surface area contributed by atoms with Crippen molar-refractivity contribution in [3.63, 3.8) is 0 Å². The predicted octanol–water partition coefficient (Wildman–Crippen LogP) is 0.990. The van der Waals surface area contributed by atoms with E-state index in [1.165, 1.54) is 6.21 Å². The molecule has 0 saturated carbocycles. The molecule has 0 aromatic heterocycles. The van der Waals surface area contributed by atoms with E-state index >= 15 is 0 Å². The van der Waals surface area contributed by atoms with E-state index in [-0.39, 0.29) is 11.7 Å². The number of carbonyl (C=O) groups excluding carboxylic acids is 1. The number of hydrogen-bond donors (Lipinski definition) is 1. The standard InChI is InChI=1S/C14H18N2O4/c1-11(14(18)16-6-8-19-9-7-16)20-15-10-12-4-2-3-5-13(12)17/h2-5,10-11,17H,6-9H2,1H3/b15-10+. The zero-order chi connectivity index (χ0) is 14.4. The van der Waals surface area contributed by atoms with Crippen molar-refractivity contribution in [3.05, 3.63) is 29.8 Å². The van der Waals surface area contributed by atoms with Gasteiger partial charge in [0.05, 0.1) is 19.4 Å². The Morgan fingerprint density at radius 1 is 1.45 bits per heavy atom. The average molecular weight is 278 g/mol. The Morgan fingerprint density at radius 2 is 2.15 bits per heavy atom. The molecule has 1 saturated heterocycles. The molecule has 0 aliphatic carbocycles. The summed E-state index contributed by atoms with van der Waals surface area (Å²) >= 11 is 0. The Morgan fingerprint density at radius 3 is 2.85 bits per heavy atom. The lowest BCUT2D eigenvalue weighted by Gasteiger charge is -2.28. The minimum atomic E-state index is -0.657. The van der Waals surface area contributed by atoms with Gasteiger partial charge in [0.1, 0.15) is 5.75 Å². The highest BCUT2D eigenvalue weighted by molar-refractivity contribution is 5.83. The number of oxime groups is 1. The first-order valence-electron chi connectivity index (χ1n) is 6.52. The SMILES string of the molecule is CC(O/N=C/c1ccccc1O)C(=O)N1CCOCC1. The van der Waals surface area contributed by atoms with Crippen molar-refractivity contribution in [3.8, 4) is 5.75 Å². The predicted molar refractivity (Wildman–Crippen MR) is 73.6 cm³/mol. The number of nitrogens with zero attached hydrogens (tertiary/aromatic N) is 2. The van der Waals surface area contributed by atoms with Gasteiger partial charge in [0.15, 0.2) is 0 Å². The van der Waals surface area contributed by atoms with E-state index in [0.717, 1.165) is 0 Å². The van der Waals surface area contributed by atoms with Crippen molar-refractivity contribution >= 4 is 12.1 Å². The van der Waals surface area contributed by atoms with Crippen molar-refractivity contribution in [2.45, 2.75) is 13.0 Å². The normalized spacial score (nSPS) is 17.1. The third-order valence-corrected chi connectivity index (χ3v) is 3.02. The van der Waals surface area contributed by atoms with Gasteiger partial charge in [0.2, 0.25) is 6.10 Å². The number of phenols is 1. The summed E-state index contributed by atoms with van der Waals surface area (Å²) < 4.78 is 5.19. The average Bonchev–Trinajstić information content (AvgIpc) is 2.49. The van der Waals surface area contributed by atoms with Gasteiger partial charge in [-0.2, -0.15) is 0 Å². The topological polar surface area (TPSA) is 71.4 Å². The van der Waals surface area contributed by atoms with Gasteiger partial charge in [0, 0.05) is 18.7 Å². The fraction of sp³-hybridized carbons (Fsp3) is 0.429. The van der Waals surface area contributed by atoms with Crippen LogP contribution in [0.25, 0.3) is 0 Å². The molecule has 0 spiro atoms. The van der Waals surface area contributed by atoms with Crippen LogP contribution < -0.4 is 0 Å². The summed E-state index contributed by atoms with van der Waals surface area (Å²) in [5, 5.41) is 13.3. The van der Waals surface area contributed by atoms with Crippen molar-refractivity contribution in [1.82, 2.24) is 4.90 Å². The highest BCUT2D eigenvalue weighted by atomic mass is 16.6. The smallest absolute Gasteiger partial charge is 0.266 e. The molecule has 1 aliphatic rings. The molecule has 20 heavy (non-hydrogen) atoms. The number of hydrogen-bond acceptors (Lipinski definition) is 5. The third kappa shape index (κ3) is 3.71. The molecule has 1 unspecified atom stereocenters. The van der Waals surface area contributed by atoms with Gasteiger partial charge >= 0.3 is 0 Å². The van der Waals surface area contributed by atoms with Crippen LogP contribution in [0, 0.1) is 0 Å².